The Bertz CT molecular complexity index is 737. The highest BCUT2D eigenvalue weighted by Gasteiger charge is 2.31. The van der Waals surface area contributed by atoms with Gasteiger partial charge in [-0.3, -0.25) is 4.79 Å². The predicted octanol–water partition coefficient (Wildman–Crippen LogP) is 2.83. The first-order valence-electron chi connectivity index (χ1n) is 7.53. The molecule has 2 aromatic rings. The van der Waals surface area contributed by atoms with Crippen LogP contribution >= 0.6 is 11.6 Å². The second kappa shape index (κ2) is 5.32. The number of hydrogen-bond acceptors (Lipinski definition) is 3. The fourth-order valence-electron chi connectivity index (χ4n) is 2.85. The Morgan fingerprint density at radius 1 is 1.23 bits per heavy atom. The van der Waals surface area contributed by atoms with E-state index in [4.69, 9.17) is 16.3 Å². The minimum atomic E-state index is -0.0216. The maximum absolute atomic E-state index is 12.7. The smallest absolute Gasteiger partial charge is 0.275 e. The van der Waals surface area contributed by atoms with Crippen LogP contribution in [0.4, 0.5) is 0 Å². The third-order valence-electron chi connectivity index (χ3n) is 4.12. The lowest BCUT2D eigenvalue weighted by atomic mass is 10.0. The van der Waals surface area contributed by atoms with Crippen molar-refractivity contribution in [1.29, 1.82) is 0 Å². The molecular formula is C16H16ClN3O2. The summed E-state index contributed by atoms with van der Waals surface area (Å²) in [5.74, 6) is 0.657. The first-order valence-corrected chi connectivity index (χ1v) is 7.90. The molecule has 4 rings (SSSR count). The van der Waals surface area contributed by atoms with Crippen molar-refractivity contribution >= 4 is 17.5 Å². The standard InChI is InChI=1S/C16H16ClN3O2/c17-12-5-1-4-11(10-12)13-14(15(21)19-6-2-7-19)18-20-8-3-9-22-16(13)20/h1,4-5,10H,2-3,6-9H2. The number of aryl methyl sites for hydroxylation is 1. The fraction of sp³-hybridized carbons (Fsp3) is 0.375. The lowest BCUT2D eigenvalue weighted by molar-refractivity contribution is 0.0645. The van der Waals surface area contributed by atoms with Crippen LogP contribution in [0.25, 0.3) is 11.1 Å². The molecule has 1 aromatic carbocycles. The van der Waals surface area contributed by atoms with Crippen molar-refractivity contribution in [2.75, 3.05) is 19.7 Å². The van der Waals surface area contributed by atoms with Gasteiger partial charge in [0.2, 0.25) is 5.88 Å². The van der Waals surface area contributed by atoms with E-state index in [0.29, 0.717) is 23.2 Å². The second-order valence-corrected chi connectivity index (χ2v) is 6.05. The molecule has 0 radical (unpaired) electrons. The molecule has 5 nitrogen and oxygen atoms in total. The van der Waals surface area contributed by atoms with Crippen LogP contribution in [0.5, 0.6) is 5.88 Å². The first-order chi connectivity index (χ1) is 10.7. The van der Waals surface area contributed by atoms with Gasteiger partial charge in [0.05, 0.1) is 12.2 Å². The molecule has 1 fully saturated rings. The number of fused-ring (bicyclic) bond motifs is 1. The highest BCUT2D eigenvalue weighted by atomic mass is 35.5. The summed E-state index contributed by atoms with van der Waals surface area (Å²) in [6, 6.07) is 7.49. The first kappa shape index (κ1) is 13.6. The molecule has 2 aliphatic heterocycles. The monoisotopic (exact) mass is 317 g/mol. The molecule has 0 N–H and O–H groups in total. The number of likely N-dealkylation sites (tertiary alicyclic amines) is 1. The summed E-state index contributed by atoms with van der Waals surface area (Å²) in [6.45, 7) is 3.03. The summed E-state index contributed by atoms with van der Waals surface area (Å²) in [5.41, 5.74) is 2.11. The Balaban J connectivity index is 1.86. The predicted molar refractivity (Wildman–Crippen MR) is 83.3 cm³/mol. The number of hydrogen-bond donors (Lipinski definition) is 0. The maximum Gasteiger partial charge on any atom is 0.275 e. The summed E-state index contributed by atoms with van der Waals surface area (Å²) >= 11 is 6.11. The van der Waals surface area contributed by atoms with Gasteiger partial charge in [0.25, 0.3) is 5.91 Å². The van der Waals surface area contributed by atoms with Crippen LogP contribution in [0.3, 0.4) is 0 Å². The van der Waals surface area contributed by atoms with Crippen molar-refractivity contribution in [1.82, 2.24) is 14.7 Å². The normalized spacial score (nSPS) is 16.7. The van der Waals surface area contributed by atoms with Gasteiger partial charge in [-0.15, -0.1) is 0 Å². The van der Waals surface area contributed by atoms with Crippen molar-refractivity contribution in [2.24, 2.45) is 0 Å². The third kappa shape index (κ3) is 2.16. The van der Waals surface area contributed by atoms with Crippen molar-refractivity contribution in [3.63, 3.8) is 0 Å². The quantitative estimate of drug-likeness (QED) is 0.855. The third-order valence-corrected chi connectivity index (χ3v) is 4.35. The summed E-state index contributed by atoms with van der Waals surface area (Å²) in [4.78, 5) is 14.5. The van der Waals surface area contributed by atoms with Crippen molar-refractivity contribution in [3.05, 3.63) is 35.0 Å². The van der Waals surface area contributed by atoms with E-state index in [9.17, 15) is 4.79 Å². The number of ether oxygens (including phenoxy) is 1. The van der Waals surface area contributed by atoms with E-state index < -0.39 is 0 Å². The van der Waals surface area contributed by atoms with Crippen LogP contribution in [-0.2, 0) is 6.54 Å². The van der Waals surface area contributed by atoms with Crippen LogP contribution in [0.1, 0.15) is 23.3 Å². The van der Waals surface area contributed by atoms with E-state index in [-0.39, 0.29) is 5.91 Å². The molecule has 1 amide bonds. The fourth-order valence-corrected chi connectivity index (χ4v) is 3.04. The Morgan fingerprint density at radius 2 is 2.09 bits per heavy atom. The van der Waals surface area contributed by atoms with Gasteiger partial charge in [-0.1, -0.05) is 23.7 Å². The molecule has 22 heavy (non-hydrogen) atoms. The maximum atomic E-state index is 12.7. The van der Waals surface area contributed by atoms with Gasteiger partial charge in [0, 0.05) is 31.1 Å². The Kier molecular flexibility index (Phi) is 3.30. The van der Waals surface area contributed by atoms with E-state index in [0.717, 1.165) is 43.6 Å². The van der Waals surface area contributed by atoms with Crippen LogP contribution in [-0.4, -0.2) is 40.3 Å². The van der Waals surface area contributed by atoms with Crippen LogP contribution < -0.4 is 4.74 Å². The molecule has 0 spiro atoms. The number of benzene rings is 1. The molecular weight excluding hydrogens is 302 g/mol. The lowest BCUT2D eigenvalue weighted by Crippen LogP contribution is -2.42. The van der Waals surface area contributed by atoms with E-state index in [1.807, 2.05) is 29.2 Å². The van der Waals surface area contributed by atoms with Crippen LogP contribution in [0.2, 0.25) is 5.02 Å². The number of aromatic nitrogens is 2. The average molecular weight is 318 g/mol. The molecule has 114 valence electrons. The van der Waals surface area contributed by atoms with E-state index in [2.05, 4.69) is 5.10 Å². The molecule has 6 heteroatoms. The molecule has 0 bridgehead atoms. The zero-order valence-electron chi connectivity index (χ0n) is 12.1. The molecule has 0 saturated carbocycles. The zero-order valence-corrected chi connectivity index (χ0v) is 12.8. The Labute approximate surface area is 133 Å². The number of halogens is 1. The molecule has 0 atom stereocenters. The molecule has 2 aliphatic rings. The van der Waals surface area contributed by atoms with Gasteiger partial charge >= 0.3 is 0 Å². The molecule has 3 heterocycles. The van der Waals surface area contributed by atoms with Gasteiger partial charge in [-0.2, -0.15) is 5.10 Å². The highest BCUT2D eigenvalue weighted by molar-refractivity contribution is 6.30. The van der Waals surface area contributed by atoms with Gasteiger partial charge in [-0.25, -0.2) is 4.68 Å². The topological polar surface area (TPSA) is 47.4 Å². The SMILES string of the molecule is O=C(c1nn2c(c1-c1cccc(Cl)c1)OCCC2)N1CCC1. The minimum Gasteiger partial charge on any atom is -0.477 e. The molecule has 0 unspecified atom stereocenters. The average Bonchev–Trinajstić information content (AvgIpc) is 2.84. The summed E-state index contributed by atoms with van der Waals surface area (Å²) < 4.78 is 7.60. The summed E-state index contributed by atoms with van der Waals surface area (Å²) in [5, 5.41) is 5.15. The highest BCUT2D eigenvalue weighted by Crippen LogP contribution is 2.37. The van der Waals surface area contributed by atoms with Crippen molar-refractivity contribution in [2.45, 2.75) is 19.4 Å². The number of carbonyl (C=O) groups is 1. The van der Waals surface area contributed by atoms with Gasteiger partial charge in [0.1, 0.15) is 0 Å². The number of rotatable bonds is 2. The number of carbonyl (C=O) groups excluding carboxylic acids is 1. The van der Waals surface area contributed by atoms with Gasteiger partial charge < -0.3 is 9.64 Å². The van der Waals surface area contributed by atoms with Crippen molar-refractivity contribution in [3.8, 4) is 17.0 Å². The zero-order chi connectivity index (χ0) is 15.1. The molecule has 1 saturated heterocycles. The second-order valence-electron chi connectivity index (χ2n) is 5.61. The van der Waals surface area contributed by atoms with Crippen LogP contribution in [0.15, 0.2) is 24.3 Å². The van der Waals surface area contributed by atoms with Crippen molar-refractivity contribution < 1.29 is 9.53 Å². The van der Waals surface area contributed by atoms with E-state index in [1.165, 1.54) is 0 Å². The largest absolute Gasteiger partial charge is 0.477 e. The van der Waals surface area contributed by atoms with Crippen LogP contribution in [0, 0.1) is 0 Å². The molecule has 1 aromatic heterocycles. The van der Waals surface area contributed by atoms with Gasteiger partial charge in [0.15, 0.2) is 5.69 Å². The van der Waals surface area contributed by atoms with Gasteiger partial charge in [-0.05, 0) is 24.1 Å². The Hall–Kier alpha value is -2.01. The minimum absolute atomic E-state index is 0.0216. The van der Waals surface area contributed by atoms with E-state index >= 15 is 0 Å². The summed E-state index contributed by atoms with van der Waals surface area (Å²) in [7, 11) is 0. The number of amides is 1. The molecule has 0 aliphatic carbocycles. The number of nitrogens with zero attached hydrogens (tertiary/aromatic N) is 3. The summed E-state index contributed by atoms with van der Waals surface area (Å²) in [6.07, 6.45) is 1.96. The Morgan fingerprint density at radius 3 is 2.82 bits per heavy atom. The van der Waals surface area contributed by atoms with E-state index in [1.54, 1.807) is 4.68 Å². The lowest BCUT2D eigenvalue weighted by Gasteiger charge is -2.30.